The number of hydrogen-bond donors (Lipinski definition) is 1. The monoisotopic (exact) mass is 340 g/mol. The Kier molecular flexibility index (Phi) is 4.02. The maximum Gasteiger partial charge on any atom is 0.125 e. The molecule has 0 saturated heterocycles. The fourth-order valence-electron chi connectivity index (χ4n) is 1.72. The quantitative estimate of drug-likeness (QED) is 0.868. The van der Waals surface area contributed by atoms with E-state index >= 15 is 0 Å². The van der Waals surface area contributed by atoms with Gasteiger partial charge in [-0.05, 0) is 46.4 Å². The lowest BCUT2D eigenvalue weighted by Gasteiger charge is -2.15. The molecule has 0 aliphatic rings. The number of methoxy groups -OCH3 is 1. The van der Waals surface area contributed by atoms with Crippen LogP contribution in [0.4, 0.5) is 0 Å². The van der Waals surface area contributed by atoms with Crippen LogP contribution in [0.3, 0.4) is 0 Å². The Morgan fingerprint density at radius 3 is 2.35 bits per heavy atom. The molecule has 2 aromatic rings. The van der Waals surface area contributed by atoms with Crippen LogP contribution in [0, 0.1) is 3.57 Å². The number of ether oxygens (including phenoxy) is 1. The molecular weight excluding hydrogens is 327 g/mol. The summed E-state index contributed by atoms with van der Waals surface area (Å²) >= 11 is 2.24. The number of benzene rings is 2. The summed E-state index contributed by atoms with van der Waals surface area (Å²) < 4.78 is 6.40. The minimum atomic E-state index is -0.650. The molecule has 2 nitrogen and oxygen atoms in total. The van der Waals surface area contributed by atoms with Gasteiger partial charge in [0.1, 0.15) is 11.9 Å². The van der Waals surface area contributed by atoms with Gasteiger partial charge in [-0.3, -0.25) is 0 Å². The highest BCUT2D eigenvalue weighted by atomic mass is 127. The molecule has 17 heavy (non-hydrogen) atoms. The molecule has 0 aliphatic heterocycles. The van der Waals surface area contributed by atoms with Crippen LogP contribution in [0.15, 0.2) is 48.5 Å². The molecular formula is C14H13IO2. The molecule has 1 N–H and O–H groups in total. The summed E-state index contributed by atoms with van der Waals surface area (Å²) in [5.41, 5.74) is 1.66. The Balaban J connectivity index is 2.36. The molecule has 0 radical (unpaired) electrons. The smallest absolute Gasteiger partial charge is 0.125 e. The van der Waals surface area contributed by atoms with Gasteiger partial charge in [0.15, 0.2) is 0 Å². The van der Waals surface area contributed by atoms with E-state index in [1.807, 2.05) is 48.5 Å². The van der Waals surface area contributed by atoms with Crippen molar-refractivity contribution in [2.45, 2.75) is 6.10 Å². The van der Waals surface area contributed by atoms with Crippen molar-refractivity contribution in [3.8, 4) is 5.75 Å². The van der Waals surface area contributed by atoms with Crippen molar-refractivity contribution >= 4 is 22.6 Å². The van der Waals surface area contributed by atoms with Crippen molar-refractivity contribution < 1.29 is 9.84 Å². The molecule has 2 rings (SSSR count). The van der Waals surface area contributed by atoms with Crippen molar-refractivity contribution in [2.24, 2.45) is 0 Å². The molecule has 2 aromatic carbocycles. The number of aliphatic hydroxyl groups is 1. The second kappa shape index (κ2) is 5.51. The Morgan fingerprint density at radius 2 is 1.71 bits per heavy atom. The van der Waals surface area contributed by atoms with Crippen LogP contribution in [-0.4, -0.2) is 12.2 Å². The van der Waals surface area contributed by atoms with E-state index in [0.29, 0.717) is 5.75 Å². The largest absolute Gasteiger partial charge is 0.496 e. The van der Waals surface area contributed by atoms with E-state index in [2.05, 4.69) is 22.6 Å². The molecule has 0 fully saturated rings. The summed E-state index contributed by atoms with van der Waals surface area (Å²) in [6.45, 7) is 0. The first-order valence-corrected chi connectivity index (χ1v) is 6.36. The molecule has 1 atom stereocenters. The van der Waals surface area contributed by atoms with Gasteiger partial charge in [0.05, 0.1) is 7.11 Å². The average molecular weight is 340 g/mol. The molecule has 1 unspecified atom stereocenters. The maximum absolute atomic E-state index is 10.3. The predicted molar refractivity (Wildman–Crippen MR) is 76.2 cm³/mol. The number of hydrogen-bond acceptors (Lipinski definition) is 2. The summed E-state index contributed by atoms with van der Waals surface area (Å²) in [6, 6.07) is 15.3. The highest BCUT2D eigenvalue weighted by molar-refractivity contribution is 14.1. The molecule has 0 amide bonds. The summed E-state index contributed by atoms with van der Waals surface area (Å²) in [5.74, 6) is 0.707. The minimum Gasteiger partial charge on any atom is -0.496 e. The zero-order valence-electron chi connectivity index (χ0n) is 9.43. The molecule has 88 valence electrons. The number of rotatable bonds is 3. The van der Waals surface area contributed by atoms with Crippen LogP contribution in [0.1, 0.15) is 17.2 Å². The second-order valence-corrected chi connectivity index (χ2v) is 4.94. The Hall–Kier alpha value is -1.07. The molecule has 0 aliphatic carbocycles. The first-order valence-electron chi connectivity index (χ1n) is 5.29. The van der Waals surface area contributed by atoms with Crippen LogP contribution >= 0.6 is 22.6 Å². The standard InChI is InChI=1S/C14H13IO2/c1-17-13-5-3-2-4-12(13)14(16)10-6-8-11(15)9-7-10/h2-9,14,16H,1H3. The van der Waals surface area contributed by atoms with Gasteiger partial charge in [0, 0.05) is 9.13 Å². The van der Waals surface area contributed by atoms with E-state index in [0.717, 1.165) is 14.7 Å². The van der Waals surface area contributed by atoms with E-state index in [1.165, 1.54) is 0 Å². The van der Waals surface area contributed by atoms with E-state index in [4.69, 9.17) is 4.74 Å². The van der Waals surface area contributed by atoms with Gasteiger partial charge in [0.2, 0.25) is 0 Å². The van der Waals surface area contributed by atoms with Crippen LogP contribution in [-0.2, 0) is 0 Å². The molecule has 0 spiro atoms. The van der Waals surface area contributed by atoms with E-state index in [-0.39, 0.29) is 0 Å². The summed E-state index contributed by atoms with van der Waals surface area (Å²) in [4.78, 5) is 0. The first kappa shape index (κ1) is 12.4. The average Bonchev–Trinajstić information content (AvgIpc) is 2.39. The van der Waals surface area contributed by atoms with Crippen molar-refractivity contribution in [1.29, 1.82) is 0 Å². The van der Waals surface area contributed by atoms with Gasteiger partial charge in [-0.1, -0.05) is 30.3 Å². The normalized spacial score (nSPS) is 12.2. The summed E-state index contributed by atoms with van der Waals surface area (Å²) in [7, 11) is 1.61. The summed E-state index contributed by atoms with van der Waals surface area (Å²) in [6.07, 6.45) is -0.650. The summed E-state index contributed by atoms with van der Waals surface area (Å²) in [5, 5.41) is 10.3. The van der Waals surface area contributed by atoms with E-state index in [1.54, 1.807) is 7.11 Å². The molecule has 0 aromatic heterocycles. The van der Waals surface area contributed by atoms with Gasteiger partial charge in [-0.15, -0.1) is 0 Å². The number of aliphatic hydroxyl groups excluding tert-OH is 1. The predicted octanol–water partition coefficient (Wildman–Crippen LogP) is 3.38. The Morgan fingerprint density at radius 1 is 1.06 bits per heavy atom. The highest BCUT2D eigenvalue weighted by Gasteiger charge is 2.14. The Labute approximate surface area is 114 Å². The fourth-order valence-corrected chi connectivity index (χ4v) is 2.08. The van der Waals surface area contributed by atoms with Crippen LogP contribution in [0.25, 0.3) is 0 Å². The van der Waals surface area contributed by atoms with Crippen LogP contribution < -0.4 is 4.74 Å². The Bertz CT molecular complexity index is 494. The van der Waals surface area contributed by atoms with Crippen molar-refractivity contribution in [2.75, 3.05) is 7.11 Å². The second-order valence-electron chi connectivity index (χ2n) is 3.70. The third kappa shape index (κ3) is 2.79. The van der Waals surface area contributed by atoms with E-state index in [9.17, 15) is 5.11 Å². The highest BCUT2D eigenvalue weighted by Crippen LogP contribution is 2.29. The number of halogens is 1. The zero-order chi connectivity index (χ0) is 12.3. The molecule has 3 heteroatoms. The SMILES string of the molecule is COc1ccccc1C(O)c1ccc(I)cc1. The fraction of sp³-hybridized carbons (Fsp3) is 0.143. The van der Waals surface area contributed by atoms with Gasteiger partial charge in [-0.2, -0.15) is 0 Å². The lowest BCUT2D eigenvalue weighted by atomic mass is 10.0. The third-order valence-electron chi connectivity index (χ3n) is 2.62. The van der Waals surface area contributed by atoms with Gasteiger partial charge in [-0.25, -0.2) is 0 Å². The topological polar surface area (TPSA) is 29.5 Å². The first-order chi connectivity index (χ1) is 8.22. The third-order valence-corrected chi connectivity index (χ3v) is 3.34. The van der Waals surface area contributed by atoms with Gasteiger partial charge in [0.25, 0.3) is 0 Å². The van der Waals surface area contributed by atoms with Crippen LogP contribution in [0.2, 0.25) is 0 Å². The zero-order valence-corrected chi connectivity index (χ0v) is 11.6. The molecule has 0 saturated carbocycles. The van der Waals surface area contributed by atoms with Crippen molar-refractivity contribution in [1.82, 2.24) is 0 Å². The molecule has 0 heterocycles. The van der Waals surface area contributed by atoms with Crippen LogP contribution in [0.5, 0.6) is 5.75 Å². The van der Waals surface area contributed by atoms with Gasteiger partial charge >= 0.3 is 0 Å². The maximum atomic E-state index is 10.3. The van der Waals surface area contributed by atoms with Crippen molar-refractivity contribution in [3.05, 3.63) is 63.2 Å². The van der Waals surface area contributed by atoms with E-state index < -0.39 is 6.10 Å². The minimum absolute atomic E-state index is 0.650. The lowest BCUT2D eigenvalue weighted by molar-refractivity contribution is 0.214. The lowest BCUT2D eigenvalue weighted by Crippen LogP contribution is -2.02. The molecule has 0 bridgehead atoms. The number of para-hydroxylation sites is 1. The van der Waals surface area contributed by atoms with Crippen molar-refractivity contribution in [3.63, 3.8) is 0 Å². The van der Waals surface area contributed by atoms with Gasteiger partial charge < -0.3 is 9.84 Å².